The molecule has 3 heterocycles. The van der Waals surface area contributed by atoms with Crippen molar-refractivity contribution in [1.82, 2.24) is 19.4 Å². The Balaban J connectivity index is 1.49. The Kier molecular flexibility index (Phi) is 4.69. The molecule has 1 N–H and O–H groups in total. The summed E-state index contributed by atoms with van der Waals surface area (Å²) >= 11 is 0. The molecule has 1 unspecified atom stereocenters. The third-order valence-corrected chi connectivity index (χ3v) is 5.17. The third-order valence-electron chi connectivity index (χ3n) is 5.17. The summed E-state index contributed by atoms with van der Waals surface area (Å²) in [7, 11) is 0. The number of rotatable bonds is 5. The molecule has 2 aromatic carbocycles. The van der Waals surface area contributed by atoms with Crippen molar-refractivity contribution in [3.8, 4) is 22.5 Å². The van der Waals surface area contributed by atoms with Gasteiger partial charge in [0.2, 0.25) is 0 Å². The summed E-state index contributed by atoms with van der Waals surface area (Å²) in [5.41, 5.74) is 6.05. The zero-order valence-corrected chi connectivity index (χ0v) is 16.6. The summed E-state index contributed by atoms with van der Waals surface area (Å²) in [5.74, 6) is 0.734. The highest BCUT2D eigenvalue weighted by Crippen LogP contribution is 2.25. The first-order valence-electron chi connectivity index (χ1n) is 9.94. The van der Waals surface area contributed by atoms with E-state index < -0.39 is 0 Å². The number of imidazole rings is 1. The van der Waals surface area contributed by atoms with Crippen LogP contribution >= 0.6 is 0 Å². The minimum absolute atomic E-state index is 0.127. The topological polar surface area (TPSA) is 55.1 Å². The van der Waals surface area contributed by atoms with E-state index in [2.05, 4.69) is 63.1 Å². The molecule has 0 aliphatic carbocycles. The van der Waals surface area contributed by atoms with Crippen LogP contribution in [0.4, 0.5) is 5.82 Å². The van der Waals surface area contributed by atoms with E-state index in [-0.39, 0.29) is 6.04 Å². The number of nitrogens with zero attached hydrogens (tertiary/aromatic N) is 4. The van der Waals surface area contributed by atoms with Crippen molar-refractivity contribution in [3.63, 3.8) is 0 Å². The number of nitrogens with one attached hydrogen (secondary N) is 1. The molecule has 0 saturated carbocycles. The summed E-state index contributed by atoms with van der Waals surface area (Å²) in [5, 5.41) is 3.44. The Morgan fingerprint density at radius 1 is 0.800 bits per heavy atom. The molecule has 5 heteroatoms. The Bertz CT molecular complexity index is 1280. The lowest BCUT2D eigenvalue weighted by atomic mass is 10.1. The van der Waals surface area contributed by atoms with Crippen LogP contribution in [0.5, 0.6) is 0 Å². The van der Waals surface area contributed by atoms with E-state index >= 15 is 0 Å². The smallest absolute Gasteiger partial charge is 0.145 e. The fraction of sp³-hybridized carbons (Fsp3) is 0.0800. The van der Waals surface area contributed by atoms with Gasteiger partial charge in [-0.3, -0.25) is 9.38 Å². The maximum atomic E-state index is 4.80. The molecule has 5 nitrogen and oxygen atoms in total. The number of anilines is 1. The first-order valence-corrected chi connectivity index (χ1v) is 9.94. The van der Waals surface area contributed by atoms with Crippen molar-refractivity contribution < 1.29 is 0 Å². The van der Waals surface area contributed by atoms with E-state index in [4.69, 9.17) is 4.98 Å². The zero-order chi connectivity index (χ0) is 20.3. The molecule has 0 fully saturated rings. The molecule has 0 aliphatic heterocycles. The second kappa shape index (κ2) is 7.79. The van der Waals surface area contributed by atoms with Crippen LogP contribution in [0.1, 0.15) is 18.5 Å². The number of benzene rings is 2. The van der Waals surface area contributed by atoms with Crippen LogP contribution < -0.4 is 5.32 Å². The number of pyridine rings is 1. The van der Waals surface area contributed by atoms with Gasteiger partial charge in [0.25, 0.3) is 0 Å². The highest BCUT2D eigenvalue weighted by atomic mass is 15.1. The van der Waals surface area contributed by atoms with Gasteiger partial charge in [-0.25, -0.2) is 9.97 Å². The number of hydrogen-bond donors (Lipinski definition) is 1. The van der Waals surface area contributed by atoms with E-state index in [0.29, 0.717) is 0 Å². The largest absolute Gasteiger partial charge is 0.362 e. The van der Waals surface area contributed by atoms with Crippen molar-refractivity contribution in [1.29, 1.82) is 0 Å². The summed E-state index contributed by atoms with van der Waals surface area (Å²) < 4.78 is 2.07. The van der Waals surface area contributed by atoms with Gasteiger partial charge in [-0.05, 0) is 35.7 Å². The Morgan fingerprint density at radius 2 is 1.57 bits per heavy atom. The van der Waals surface area contributed by atoms with E-state index in [1.165, 1.54) is 5.56 Å². The first-order chi connectivity index (χ1) is 14.8. The molecule has 0 spiro atoms. The van der Waals surface area contributed by atoms with Crippen LogP contribution in [0.3, 0.4) is 0 Å². The molecule has 5 aromatic rings. The highest BCUT2D eigenvalue weighted by Gasteiger charge is 2.11. The van der Waals surface area contributed by atoms with E-state index in [1.807, 2.05) is 48.7 Å². The van der Waals surface area contributed by atoms with Gasteiger partial charge >= 0.3 is 0 Å². The molecule has 146 valence electrons. The van der Waals surface area contributed by atoms with Crippen LogP contribution in [0.2, 0.25) is 0 Å². The number of hydrogen-bond acceptors (Lipinski definition) is 4. The Labute approximate surface area is 175 Å². The average Bonchev–Trinajstić information content (AvgIpc) is 3.24. The predicted molar refractivity (Wildman–Crippen MR) is 120 cm³/mol. The van der Waals surface area contributed by atoms with Crippen LogP contribution in [0.15, 0.2) is 97.6 Å². The maximum Gasteiger partial charge on any atom is 0.145 e. The highest BCUT2D eigenvalue weighted by molar-refractivity contribution is 5.68. The monoisotopic (exact) mass is 391 g/mol. The number of aromatic nitrogens is 4. The van der Waals surface area contributed by atoms with Crippen molar-refractivity contribution in [2.75, 3.05) is 5.32 Å². The Morgan fingerprint density at radius 3 is 2.37 bits per heavy atom. The molecule has 1 atom stereocenters. The first kappa shape index (κ1) is 18.1. The fourth-order valence-corrected chi connectivity index (χ4v) is 3.58. The fourth-order valence-electron chi connectivity index (χ4n) is 3.58. The second-order valence-electron chi connectivity index (χ2n) is 7.22. The SMILES string of the molecule is CC(Nc1cncc(-c2cnc3ccc(-c4ccccc4)cn23)n1)c1ccccc1. The van der Waals surface area contributed by atoms with Gasteiger partial charge < -0.3 is 5.32 Å². The minimum Gasteiger partial charge on any atom is -0.362 e. The van der Waals surface area contributed by atoms with Crippen molar-refractivity contribution in [2.45, 2.75) is 13.0 Å². The lowest BCUT2D eigenvalue weighted by Crippen LogP contribution is -2.08. The van der Waals surface area contributed by atoms with Gasteiger partial charge in [0.05, 0.1) is 24.3 Å². The molecule has 0 saturated heterocycles. The Hall–Kier alpha value is -3.99. The average molecular weight is 391 g/mol. The van der Waals surface area contributed by atoms with Crippen LogP contribution in [0.25, 0.3) is 28.2 Å². The molecule has 0 aliphatic rings. The molecule has 5 rings (SSSR count). The minimum atomic E-state index is 0.127. The van der Waals surface area contributed by atoms with Crippen molar-refractivity contribution in [2.24, 2.45) is 0 Å². The van der Waals surface area contributed by atoms with Gasteiger partial charge in [0, 0.05) is 12.2 Å². The predicted octanol–water partition coefficient (Wildman–Crippen LogP) is 5.63. The second-order valence-corrected chi connectivity index (χ2v) is 7.22. The van der Waals surface area contributed by atoms with Gasteiger partial charge in [-0.2, -0.15) is 0 Å². The zero-order valence-electron chi connectivity index (χ0n) is 16.6. The van der Waals surface area contributed by atoms with Crippen molar-refractivity contribution in [3.05, 3.63) is 103 Å². The van der Waals surface area contributed by atoms with Crippen LogP contribution in [-0.4, -0.2) is 19.4 Å². The van der Waals surface area contributed by atoms with E-state index in [9.17, 15) is 0 Å². The quantitative estimate of drug-likeness (QED) is 0.422. The lowest BCUT2D eigenvalue weighted by Gasteiger charge is -2.15. The lowest BCUT2D eigenvalue weighted by molar-refractivity contribution is 0.871. The molecule has 0 radical (unpaired) electrons. The molecular weight excluding hydrogens is 370 g/mol. The number of fused-ring (bicyclic) bond motifs is 1. The molecule has 0 amide bonds. The van der Waals surface area contributed by atoms with E-state index in [0.717, 1.165) is 34.0 Å². The van der Waals surface area contributed by atoms with Crippen molar-refractivity contribution >= 4 is 11.5 Å². The normalized spacial score (nSPS) is 12.0. The van der Waals surface area contributed by atoms with Gasteiger partial charge in [-0.1, -0.05) is 60.7 Å². The summed E-state index contributed by atoms with van der Waals surface area (Å²) in [4.78, 5) is 13.8. The van der Waals surface area contributed by atoms with Gasteiger partial charge in [0.15, 0.2) is 0 Å². The van der Waals surface area contributed by atoms with Gasteiger partial charge in [0.1, 0.15) is 17.2 Å². The molecule has 30 heavy (non-hydrogen) atoms. The third kappa shape index (κ3) is 3.53. The van der Waals surface area contributed by atoms with Gasteiger partial charge in [-0.15, -0.1) is 0 Å². The standard InChI is InChI=1S/C25H21N5/c1-18(19-8-4-2-5-9-19)28-24-16-26-14-22(29-24)23-15-27-25-13-12-21(17-30(23)25)20-10-6-3-7-11-20/h2-18H,1H3,(H,28,29). The van der Waals surface area contributed by atoms with Crippen LogP contribution in [0, 0.1) is 0 Å². The molecule has 3 aromatic heterocycles. The molecule has 0 bridgehead atoms. The summed E-state index contributed by atoms with van der Waals surface area (Å²) in [6, 6.07) is 24.9. The summed E-state index contributed by atoms with van der Waals surface area (Å²) in [6.07, 6.45) is 7.47. The summed E-state index contributed by atoms with van der Waals surface area (Å²) in [6.45, 7) is 2.12. The van der Waals surface area contributed by atoms with E-state index in [1.54, 1.807) is 12.4 Å². The maximum absolute atomic E-state index is 4.80. The van der Waals surface area contributed by atoms with Crippen LogP contribution in [-0.2, 0) is 0 Å². The molecular formula is C25H21N5.